The van der Waals surface area contributed by atoms with Crippen molar-refractivity contribution in [3.05, 3.63) is 0 Å². The predicted octanol–water partition coefficient (Wildman–Crippen LogP) is 1.93. The van der Waals surface area contributed by atoms with Crippen molar-refractivity contribution in [2.75, 3.05) is 39.9 Å². The van der Waals surface area contributed by atoms with Crippen LogP contribution in [0.25, 0.3) is 0 Å². The third-order valence-electron chi connectivity index (χ3n) is 1.18. The van der Waals surface area contributed by atoms with Gasteiger partial charge in [-0.15, -0.1) is 0 Å². The van der Waals surface area contributed by atoms with E-state index in [1.807, 2.05) is 0 Å². The highest BCUT2D eigenvalue weighted by Crippen LogP contribution is 2.46. The van der Waals surface area contributed by atoms with Gasteiger partial charge in [-0.3, -0.25) is 0 Å². The molecule has 0 aliphatic rings. The molecule has 1 nitrogen and oxygen atoms in total. The van der Waals surface area contributed by atoms with E-state index in [4.69, 9.17) is 4.74 Å². The molecule has 0 amide bonds. The lowest BCUT2D eigenvalue weighted by atomic mass is 10.5. The Morgan fingerprint density at radius 2 is 1.78 bits per heavy atom. The van der Waals surface area contributed by atoms with Gasteiger partial charge < -0.3 is 4.74 Å². The molecule has 0 spiro atoms. The van der Waals surface area contributed by atoms with Crippen LogP contribution in [-0.2, 0) is 4.74 Å². The van der Waals surface area contributed by atoms with E-state index in [1.54, 1.807) is 7.11 Å². The van der Waals surface area contributed by atoms with Gasteiger partial charge in [-0.25, -0.2) is 0 Å². The minimum atomic E-state index is -0.525. The molecule has 0 radical (unpaired) electrons. The van der Waals surface area contributed by atoms with E-state index < -0.39 is 7.26 Å². The van der Waals surface area contributed by atoms with Crippen LogP contribution >= 0.6 is 7.26 Å². The van der Waals surface area contributed by atoms with Gasteiger partial charge in [0.1, 0.15) is 0 Å². The average Bonchev–Trinajstić information content (AvgIpc) is 1.63. The third-order valence-corrected chi connectivity index (χ3v) is 2.84. The maximum absolute atomic E-state index is 4.96. The quantitative estimate of drug-likeness (QED) is 0.438. The third kappa shape index (κ3) is 8.39. The summed E-state index contributed by atoms with van der Waals surface area (Å²) in [6, 6.07) is 0. The molecule has 0 bridgehead atoms. The Kier molecular flexibility index (Phi) is 4.43. The maximum Gasteiger partial charge on any atom is 0.0608 e. The van der Waals surface area contributed by atoms with Crippen LogP contribution in [0.1, 0.15) is 6.42 Å². The summed E-state index contributed by atoms with van der Waals surface area (Å²) in [6.45, 7) is 8.02. The second-order valence-electron chi connectivity index (χ2n) is 3.36. The second kappa shape index (κ2) is 4.24. The minimum Gasteiger partial charge on any atom is -0.385 e. The van der Waals surface area contributed by atoms with Gasteiger partial charge in [0.2, 0.25) is 0 Å². The van der Waals surface area contributed by atoms with Crippen molar-refractivity contribution in [2.24, 2.45) is 0 Å². The summed E-state index contributed by atoms with van der Waals surface area (Å²) >= 11 is 0. The molecule has 0 saturated carbocycles. The molecule has 0 rings (SSSR count). The molecule has 0 aliphatic carbocycles. The Bertz CT molecular complexity index is 65.8. The van der Waals surface area contributed by atoms with Gasteiger partial charge in [0, 0.05) is 47.4 Å². The molecule has 0 aromatic carbocycles. The van der Waals surface area contributed by atoms with Crippen LogP contribution in [0.3, 0.4) is 0 Å². The summed E-state index contributed by atoms with van der Waals surface area (Å²) in [6.07, 6.45) is 2.59. The SMILES string of the molecule is COCCC[P+](C)(C)C. The Balaban J connectivity index is 3.07. The molecule has 2 heteroatoms. The van der Waals surface area contributed by atoms with Gasteiger partial charge in [-0.05, 0) is 0 Å². The topological polar surface area (TPSA) is 9.23 Å². The van der Waals surface area contributed by atoms with Crippen molar-refractivity contribution >= 4 is 7.26 Å². The molecule has 0 saturated heterocycles. The highest BCUT2D eigenvalue weighted by Gasteiger charge is 2.15. The molecular weight excluding hydrogens is 131 g/mol. The first kappa shape index (κ1) is 9.39. The van der Waals surface area contributed by atoms with Crippen molar-refractivity contribution in [3.8, 4) is 0 Å². The molecule has 0 heterocycles. The normalized spacial score (nSPS) is 12.0. The fourth-order valence-electron chi connectivity index (χ4n) is 0.683. The lowest BCUT2D eigenvalue weighted by molar-refractivity contribution is 0.200. The molecule has 9 heavy (non-hydrogen) atoms. The van der Waals surface area contributed by atoms with Gasteiger partial charge in [0.25, 0.3) is 0 Å². The molecule has 0 fully saturated rings. The highest BCUT2D eigenvalue weighted by molar-refractivity contribution is 7.73. The van der Waals surface area contributed by atoms with E-state index in [2.05, 4.69) is 20.0 Å². The smallest absolute Gasteiger partial charge is 0.0608 e. The number of hydrogen-bond donors (Lipinski definition) is 0. The second-order valence-corrected chi connectivity index (χ2v) is 8.39. The van der Waals surface area contributed by atoms with Crippen LogP contribution in [0.2, 0.25) is 0 Å². The van der Waals surface area contributed by atoms with Crippen molar-refractivity contribution < 1.29 is 4.74 Å². The van der Waals surface area contributed by atoms with E-state index >= 15 is 0 Å². The zero-order chi connectivity index (χ0) is 7.33. The first-order valence-electron chi connectivity index (χ1n) is 3.35. The lowest BCUT2D eigenvalue weighted by Crippen LogP contribution is -1.97. The summed E-state index contributed by atoms with van der Waals surface area (Å²) < 4.78 is 4.96. The molecule has 0 N–H and O–H groups in total. The molecule has 0 aromatic rings. The molecule has 0 aliphatic heterocycles. The minimum absolute atomic E-state index is 0.525. The van der Waals surface area contributed by atoms with Crippen LogP contribution in [0, 0.1) is 0 Å². The molecule has 0 aromatic heterocycles. The van der Waals surface area contributed by atoms with Crippen LogP contribution in [0.4, 0.5) is 0 Å². The maximum atomic E-state index is 4.96. The first-order chi connectivity index (χ1) is 4.06. The zero-order valence-corrected chi connectivity index (χ0v) is 7.87. The van der Waals surface area contributed by atoms with E-state index in [0.29, 0.717) is 0 Å². The largest absolute Gasteiger partial charge is 0.385 e. The van der Waals surface area contributed by atoms with Crippen molar-refractivity contribution in [3.63, 3.8) is 0 Å². The summed E-state index contributed by atoms with van der Waals surface area (Å²) in [5, 5.41) is 0. The van der Waals surface area contributed by atoms with Gasteiger partial charge >= 0.3 is 0 Å². The highest BCUT2D eigenvalue weighted by atomic mass is 31.2. The van der Waals surface area contributed by atoms with Crippen LogP contribution in [-0.4, -0.2) is 39.9 Å². The van der Waals surface area contributed by atoms with Crippen LogP contribution < -0.4 is 0 Å². The van der Waals surface area contributed by atoms with E-state index in [0.717, 1.165) is 6.61 Å². The zero-order valence-electron chi connectivity index (χ0n) is 6.98. The average molecular weight is 149 g/mol. The number of methoxy groups -OCH3 is 1. The molecule has 0 atom stereocenters. The van der Waals surface area contributed by atoms with E-state index in [1.165, 1.54) is 12.6 Å². The Morgan fingerprint density at radius 1 is 1.22 bits per heavy atom. The Labute approximate surface area is 59.1 Å². The van der Waals surface area contributed by atoms with Crippen molar-refractivity contribution in [2.45, 2.75) is 6.42 Å². The Morgan fingerprint density at radius 3 is 2.11 bits per heavy atom. The van der Waals surface area contributed by atoms with Crippen LogP contribution in [0.5, 0.6) is 0 Å². The van der Waals surface area contributed by atoms with Crippen LogP contribution in [0.15, 0.2) is 0 Å². The lowest BCUT2D eigenvalue weighted by Gasteiger charge is -2.10. The van der Waals surface area contributed by atoms with Gasteiger partial charge in [-0.2, -0.15) is 0 Å². The Hall–Kier alpha value is 0.390. The first-order valence-corrected chi connectivity index (χ1v) is 6.67. The molecule has 0 unspecified atom stereocenters. The van der Waals surface area contributed by atoms with E-state index in [9.17, 15) is 0 Å². The van der Waals surface area contributed by atoms with Gasteiger partial charge in [0.15, 0.2) is 0 Å². The fourth-order valence-corrected chi connectivity index (χ4v) is 1.76. The number of ether oxygens (including phenoxy) is 1. The van der Waals surface area contributed by atoms with Crippen molar-refractivity contribution in [1.82, 2.24) is 0 Å². The summed E-state index contributed by atoms with van der Waals surface area (Å²) in [4.78, 5) is 0. The monoisotopic (exact) mass is 149 g/mol. The molecule has 56 valence electrons. The van der Waals surface area contributed by atoms with E-state index in [-0.39, 0.29) is 0 Å². The summed E-state index contributed by atoms with van der Waals surface area (Å²) in [5.74, 6) is 0. The number of hydrogen-bond acceptors (Lipinski definition) is 1. The predicted molar refractivity (Wildman–Crippen MR) is 46.1 cm³/mol. The summed E-state index contributed by atoms with van der Waals surface area (Å²) in [7, 11) is 1.24. The van der Waals surface area contributed by atoms with Gasteiger partial charge in [-0.1, -0.05) is 0 Å². The standard InChI is InChI=1S/C7H18OP/c1-8-6-5-7-9(2,3)4/h5-7H2,1-4H3/q+1. The molecular formula is C7H18OP+. The number of rotatable bonds is 4. The van der Waals surface area contributed by atoms with Gasteiger partial charge in [0.05, 0.1) is 6.16 Å². The van der Waals surface area contributed by atoms with Crippen molar-refractivity contribution in [1.29, 1.82) is 0 Å². The fraction of sp³-hybridized carbons (Fsp3) is 1.00. The summed E-state index contributed by atoms with van der Waals surface area (Å²) in [5.41, 5.74) is 0.